The van der Waals surface area contributed by atoms with Crippen molar-refractivity contribution >= 4 is 26.7 Å². The Bertz CT molecular complexity index is 882. The fraction of sp³-hybridized carbons (Fsp3) is 0.118. The Hall–Kier alpha value is -2.14. The van der Waals surface area contributed by atoms with Gasteiger partial charge in [0.05, 0.1) is 0 Å². The third-order valence-electron chi connectivity index (χ3n) is 3.81. The lowest BCUT2D eigenvalue weighted by atomic mass is 9.98. The fourth-order valence-electron chi connectivity index (χ4n) is 2.73. The van der Waals surface area contributed by atoms with Gasteiger partial charge in [-0.05, 0) is 35.7 Å². The van der Waals surface area contributed by atoms with E-state index in [9.17, 15) is 4.39 Å². The third-order valence-corrected chi connectivity index (χ3v) is 4.56. The fourth-order valence-corrected chi connectivity index (χ4v) is 3.19. The predicted molar refractivity (Wildman–Crippen MR) is 84.8 cm³/mol. The van der Waals surface area contributed by atoms with Crippen molar-refractivity contribution in [1.29, 1.82) is 0 Å². The monoisotopic (exact) mass is 359 g/mol. The summed E-state index contributed by atoms with van der Waals surface area (Å²) in [5.74, 6) is 1.14. The summed E-state index contributed by atoms with van der Waals surface area (Å²) in [6.07, 6.45) is 3.83. The molecule has 110 valence electrons. The number of hydrogen-bond donors (Lipinski definition) is 0. The van der Waals surface area contributed by atoms with Crippen LogP contribution in [0.3, 0.4) is 0 Å². The Balaban J connectivity index is 1.89. The highest BCUT2D eigenvalue weighted by atomic mass is 79.9. The lowest BCUT2D eigenvalue weighted by Crippen LogP contribution is -1.98. The largest absolute Gasteiger partial charge is 0.454 e. The molecule has 1 aromatic heterocycles. The second-order valence-electron chi connectivity index (χ2n) is 5.06. The maximum Gasteiger partial charge on any atom is 0.231 e. The molecule has 0 atom stereocenters. The van der Waals surface area contributed by atoms with Crippen LogP contribution in [0.1, 0.15) is 11.1 Å². The van der Waals surface area contributed by atoms with Gasteiger partial charge in [0.2, 0.25) is 6.79 Å². The summed E-state index contributed by atoms with van der Waals surface area (Å²) in [5.41, 5.74) is 1.52. The summed E-state index contributed by atoms with van der Waals surface area (Å²) in [6.45, 7) is 0.195. The number of halogens is 2. The molecule has 0 amide bonds. The van der Waals surface area contributed by atoms with Gasteiger partial charge in [-0.3, -0.25) is 4.98 Å². The van der Waals surface area contributed by atoms with Gasteiger partial charge in [-0.25, -0.2) is 4.39 Å². The van der Waals surface area contributed by atoms with Gasteiger partial charge in [-0.15, -0.1) is 0 Å². The Morgan fingerprint density at radius 1 is 1.09 bits per heavy atom. The van der Waals surface area contributed by atoms with E-state index < -0.39 is 0 Å². The molecule has 0 aliphatic carbocycles. The topological polar surface area (TPSA) is 31.4 Å². The summed E-state index contributed by atoms with van der Waals surface area (Å²) >= 11 is 3.53. The van der Waals surface area contributed by atoms with E-state index >= 15 is 0 Å². The molecule has 0 saturated carbocycles. The van der Waals surface area contributed by atoms with Crippen molar-refractivity contribution in [2.24, 2.45) is 0 Å². The van der Waals surface area contributed by atoms with Gasteiger partial charge in [0.1, 0.15) is 5.82 Å². The summed E-state index contributed by atoms with van der Waals surface area (Å²) in [6, 6.07) is 8.80. The maximum absolute atomic E-state index is 14.4. The normalized spacial score (nSPS) is 12.8. The van der Waals surface area contributed by atoms with Crippen LogP contribution in [-0.4, -0.2) is 11.8 Å². The average Bonchev–Trinajstić information content (AvgIpc) is 3.01. The van der Waals surface area contributed by atoms with Crippen molar-refractivity contribution in [3.63, 3.8) is 0 Å². The molecule has 3 nitrogen and oxygen atoms in total. The predicted octanol–water partition coefficient (Wildman–Crippen LogP) is 4.46. The highest BCUT2D eigenvalue weighted by molar-refractivity contribution is 9.10. The lowest BCUT2D eigenvalue weighted by molar-refractivity contribution is 0.173. The van der Waals surface area contributed by atoms with Gasteiger partial charge in [0, 0.05) is 39.8 Å². The smallest absolute Gasteiger partial charge is 0.231 e. The van der Waals surface area contributed by atoms with Crippen molar-refractivity contribution < 1.29 is 13.9 Å². The molecule has 0 N–H and O–H groups in total. The van der Waals surface area contributed by atoms with Crippen LogP contribution in [0.15, 0.2) is 47.2 Å². The van der Waals surface area contributed by atoms with Crippen molar-refractivity contribution in [3.05, 3.63) is 64.1 Å². The maximum atomic E-state index is 14.4. The molecule has 1 aliphatic heterocycles. The molecule has 2 heterocycles. The standard InChI is InChI=1S/C17H11BrFNO2/c18-14-2-4-16-17(22-9-21-16)13(14)7-12-11-5-6-20-8-10(11)1-3-15(12)19/h1-6,8H,7,9H2. The second kappa shape index (κ2) is 5.25. The van der Waals surface area contributed by atoms with Crippen LogP contribution in [0, 0.1) is 5.82 Å². The Labute approximate surface area is 134 Å². The van der Waals surface area contributed by atoms with Crippen LogP contribution < -0.4 is 9.47 Å². The van der Waals surface area contributed by atoms with E-state index in [1.807, 2.05) is 18.2 Å². The van der Waals surface area contributed by atoms with Gasteiger partial charge < -0.3 is 9.47 Å². The van der Waals surface area contributed by atoms with E-state index in [0.717, 1.165) is 20.8 Å². The number of fused-ring (bicyclic) bond motifs is 2. The van der Waals surface area contributed by atoms with E-state index in [4.69, 9.17) is 9.47 Å². The Morgan fingerprint density at radius 3 is 2.91 bits per heavy atom. The molecular weight excluding hydrogens is 349 g/mol. The molecule has 4 rings (SSSR count). The van der Waals surface area contributed by atoms with Gasteiger partial charge in [0.25, 0.3) is 0 Å². The molecule has 0 fully saturated rings. The molecule has 22 heavy (non-hydrogen) atoms. The minimum atomic E-state index is -0.234. The number of hydrogen-bond acceptors (Lipinski definition) is 3. The molecule has 1 aliphatic rings. The molecule has 0 spiro atoms. The third kappa shape index (κ3) is 2.13. The van der Waals surface area contributed by atoms with Crippen LogP contribution in [-0.2, 0) is 6.42 Å². The number of benzene rings is 2. The lowest BCUT2D eigenvalue weighted by Gasteiger charge is -2.11. The number of ether oxygens (including phenoxy) is 2. The number of nitrogens with zero attached hydrogens (tertiary/aromatic N) is 1. The minimum absolute atomic E-state index is 0.195. The number of pyridine rings is 1. The Kier molecular flexibility index (Phi) is 3.22. The van der Waals surface area contributed by atoms with Crippen LogP contribution >= 0.6 is 15.9 Å². The first kappa shape index (κ1) is 13.5. The quantitative estimate of drug-likeness (QED) is 0.676. The van der Waals surface area contributed by atoms with E-state index in [-0.39, 0.29) is 12.6 Å². The van der Waals surface area contributed by atoms with E-state index in [1.54, 1.807) is 18.5 Å². The van der Waals surface area contributed by atoms with Crippen LogP contribution in [0.2, 0.25) is 0 Å². The first-order valence-electron chi connectivity index (χ1n) is 6.82. The molecule has 0 saturated heterocycles. The highest BCUT2D eigenvalue weighted by Crippen LogP contribution is 2.41. The summed E-state index contributed by atoms with van der Waals surface area (Å²) in [7, 11) is 0. The summed E-state index contributed by atoms with van der Waals surface area (Å²) in [4.78, 5) is 4.09. The zero-order valence-corrected chi connectivity index (χ0v) is 13.1. The number of aromatic nitrogens is 1. The van der Waals surface area contributed by atoms with Crippen molar-refractivity contribution in [1.82, 2.24) is 4.98 Å². The van der Waals surface area contributed by atoms with Crippen LogP contribution in [0.25, 0.3) is 10.8 Å². The highest BCUT2D eigenvalue weighted by Gasteiger charge is 2.21. The van der Waals surface area contributed by atoms with E-state index in [0.29, 0.717) is 23.5 Å². The summed E-state index contributed by atoms with van der Waals surface area (Å²) < 4.78 is 26.2. The zero-order valence-electron chi connectivity index (χ0n) is 11.5. The molecule has 5 heteroatoms. The molecule has 0 radical (unpaired) electrons. The van der Waals surface area contributed by atoms with Crippen molar-refractivity contribution in [2.75, 3.05) is 6.79 Å². The van der Waals surface area contributed by atoms with Gasteiger partial charge >= 0.3 is 0 Å². The van der Waals surface area contributed by atoms with Gasteiger partial charge in [0.15, 0.2) is 11.5 Å². The van der Waals surface area contributed by atoms with E-state index in [2.05, 4.69) is 20.9 Å². The van der Waals surface area contributed by atoms with Gasteiger partial charge in [-0.1, -0.05) is 15.9 Å². The van der Waals surface area contributed by atoms with Gasteiger partial charge in [-0.2, -0.15) is 0 Å². The van der Waals surface area contributed by atoms with Crippen LogP contribution in [0.5, 0.6) is 11.5 Å². The van der Waals surface area contributed by atoms with E-state index in [1.165, 1.54) is 6.07 Å². The summed E-state index contributed by atoms with van der Waals surface area (Å²) in [5, 5.41) is 1.78. The number of rotatable bonds is 2. The second-order valence-corrected chi connectivity index (χ2v) is 5.91. The minimum Gasteiger partial charge on any atom is -0.454 e. The first-order valence-corrected chi connectivity index (χ1v) is 7.61. The zero-order chi connectivity index (χ0) is 15.1. The Morgan fingerprint density at radius 2 is 2.00 bits per heavy atom. The SMILES string of the molecule is Fc1ccc2cnccc2c1Cc1c(Br)ccc2c1OCO2. The molecule has 0 bridgehead atoms. The molecule has 2 aromatic carbocycles. The molecule has 3 aromatic rings. The molecule has 0 unspecified atom stereocenters. The van der Waals surface area contributed by atoms with Crippen LogP contribution in [0.4, 0.5) is 4.39 Å². The van der Waals surface area contributed by atoms with Crippen molar-refractivity contribution in [2.45, 2.75) is 6.42 Å². The average molecular weight is 360 g/mol. The first-order chi connectivity index (χ1) is 10.7. The molecular formula is C17H11BrFNO2. The van der Waals surface area contributed by atoms with Crippen molar-refractivity contribution in [3.8, 4) is 11.5 Å².